The largest absolute Gasteiger partial charge is 0.573 e. The summed E-state index contributed by atoms with van der Waals surface area (Å²) in [5.41, 5.74) is 5.43. The molecule has 0 aliphatic heterocycles. The fourth-order valence-electron chi connectivity index (χ4n) is 1.47. The number of nitrogens with zero attached hydrogens (tertiary/aromatic N) is 1. The second-order valence-corrected chi connectivity index (χ2v) is 3.52. The van der Waals surface area contributed by atoms with Gasteiger partial charge in [-0.25, -0.2) is 0 Å². The first-order chi connectivity index (χ1) is 8.23. The minimum Gasteiger partial charge on any atom is -0.481 e. The third-order valence-corrected chi connectivity index (χ3v) is 2.00. The van der Waals surface area contributed by atoms with Gasteiger partial charge in [0.1, 0.15) is 0 Å². The highest BCUT2D eigenvalue weighted by atomic mass is 19.4. The molecular formula is C10H11F3N2O3. The van der Waals surface area contributed by atoms with Gasteiger partial charge in [-0.1, -0.05) is 0 Å². The average Bonchev–Trinajstić information content (AvgIpc) is 2.19. The molecule has 100 valence electrons. The maximum atomic E-state index is 12.2. The van der Waals surface area contributed by atoms with Crippen molar-refractivity contribution in [2.75, 3.05) is 0 Å². The smallest absolute Gasteiger partial charge is 0.481 e. The van der Waals surface area contributed by atoms with Crippen LogP contribution in [0.3, 0.4) is 0 Å². The molecule has 1 rings (SSSR count). The molecule has 0 saturated heterocycles. The number of carboxylic acid groups (broad SMARTS) is 1. The van der Waals surface area contributed by atoms with Gasteiger partial charge in [0.15, 0.2) is 5.75 Å². The van der Waals surface area contributed by atoms with Crippen LogP contribution in [0.15, 0.2) is 6.07 Å². The van der Waals surface area contributed by atoms with Gasteiger partial charge in [0.2, 0.25) is 0 Å². The van der Waals surface area contributed by atoms with Gasteiger partial charge in [-0.15, -0.1) is 13.2 Å². The van der Waals surface area contributed by atoms with Gasteiger partial charge in [0.25, 0.3) is 0 Å². The van der Waals surface area contributed by atoms with Crippen molar-refractivity contribution in [2.24, 2.45) is 5.73 Å². The quantitative estimate of drug-likeness (QED) is 0.857. The fraction of sp³-hybridized carbons (Fsp3) is 0.400. The molecule has 0 aromatic carbocycles. The number of aliphatic carboxylic acids is 1. The predicted molar refractivity (Wildman–Crippen MR) is 54.9 cm³/mol. The molecule has 0 fully saturated rings. The van der Waals surface area contributed by atoms with E-state index in [1.165, 1.54) is 13.0 Å². The number of carbonyl (C=O) groups is 1. The van der Waals surface area contributed by atoms with E-state index in [9.17, 15) is 18.0 Å². The van der Waals surface area contributed by atoms with Crippen LogP contribution in [0.4, 0.5) is 13.2 Å². The molecule has 0 spiro atoms. The van der Waals surface area contributed by atoms with Crippen LogP contribution in [0.5, 0.6) is 5.75 Å². The molecular weight excluding hydrogens is 253 g/mol. The molecule has 1 aromatic rings. The number of aryl methyl sites for hydroxylation is 1. The maximum absolute atomic E-state index is 12.2. The summed E-state index contributed by atoms with van der Waals surface area (Å²) < 4.78 is 40.5. The number of ether oxygens (including phenoxy) is 1. The molecule has 3 N–H and O–H groups in total. The summed E-state index contributed by atoms with van der Waals surface area (Å²) in [5, 5.41) is 8.66. The van der Waals surface area contributed by atoms with Gasteiger partial charge in [-0.2, -0.15) is 0 Å². The van der Waals surface area contributed by atoms with Crippen LogP contribution in [-0.4, -0.2) is 22.4 Å². The molecule has 0 atom stereocenters. The summed E-state index contributed by atoms with van der Waals surface area (Å²) in [6.45, 7) is 1.25. The number of halogens is 3. The SMILES string of the molecule is Cc1cc(CC(=O)O)c(OC(F)(F)F)c(CN)n1. The first kappa shape index (κ1) is 14.2. The third kappa shape index (κ3) is 3.88. The zero-order valence-electron chi connectivity index (χ0n) is 9.41. The van der Waals surface area contributed by atoms with E-state index in [2.05, 4.69) is 9.72 Å². The molecule has 0 aliphatic carbocycles. The highest BCUT2D eigenvalue weighted by Crippen LogP contribution is 2.30. The Labute approximate surface area is 100 Å². The number of carboxylic acids is 1. The van der Waals surface area contributed by atoms with Crippen LogP contribution in [-0.2, 0) is 17.8 Å². The number of hydrogen-bond acceptors (Lipinski definition) is 4. The minimum absolute atomic E-state index is 0.104. The van der Waals surface area contributed by atoms with Gasteiger partial charge in [0, 0.05) is 17.8 Å². The van der Waals surface area contributed by atoms with Gasteiger partial charge in [-0.3, -0.25) is 9.78 Å². The van der Waals surface area contributed by atoms with E-state index in [1.54, 1.807) is 0 Å². The van der Waals surface area contributed by atoms with Crippen LogP contribution < -0.4 is 10.5 Å². The number of pyridine rings is 1. The zero-order chi connectivity index (χ0) is 13.9. The van der Waals surface area contributed by atoms with Crippen molar-refractivity contribution >= 4 is 5.97 Å². The Kier molecular flexibility index (Phi) is 4.12. The molecule has 18 heavy (non-hydrogen) atoms. The molecule has 0 aliphatic rings. The first-order valence-corrected chi connectivity index (χ1v) is 4.90. The maximum Gasteiger partial charge on any atom is 0.573 e. The van der Waals surface area contributed by atoms with E-state index in [-0.39, 0.29) is 17.8 Å². The Morgan fingerprint density at radius 3 is 2.61 bits per heavy atom. The topological polar surface area (TPSA) is 85.4 Å². The second kappa shape index (κ2) is 5.21. The Morgan fingerprint density at radius 2 is 2.17 bits per heavy atom. The molecule has 1 aromatic heterocycles. The molecule has 1 heterocycles. The number of aromatic nitrogens is 1. The summed E-state index contributed by atoms with van der Waals surface area (Å²) in [7, 11) is 0. The molecule has 0 saturated carbocycles. The van der Waals surface area contributed by atoms with E-state index in [0.717, 1.165) is 0 Å². The Morgan fingerprint density at radius 1 is 1.56 bits per heavy atom. The first-order valence-electron chi connectivity index (χ1n) is 4.90. The standard InChI is InChI=1S/C10H11F3N2O3/c1-5-2-6(3-8(16)17)9(7(4-14)15-5)18-10(11,12)13/h2H,3-4,14H2,1H3,(H,16,17). The fourth-order valence-corrected chi connectivity index (χ4v) is 1.47. The highest BCUT2D eigenvalue weighted by molar-refractivity contribution is 5.71. The lowest BCUT2D eigenvalue weighted by Crippen LogP contribution is -2.21. The van der Waals surface area contributed by atoms with Gasteiger partial charge < -0.3 is 15.6 Å². The molecule has 0 bridgehead atoms. The van der Waals surface area contributed by atoms with Gasteiger partial charge in [-0.05, 0) is 13.0 Å². The second-order valence-electron chi connectivity index (χ2n) is 3.52. The van der Waals surface area contributed by atoms with Crippen molar-refractivity contribution in [3.8, 4) is 5.75 Å². The number of hydrogen-bond donors (Lipinski definition) is 2. The molecule has 8 heteroatoms. The lowest BCUT2D eigenvalue weighted by molar-refractivity contribution is -0.275. The predicted octanol–water partition coefficient (Wildman–Crippen LogP) is 1.37. The van der Waals surface area contributed by atoms with Gasteiger partial charge >= 0.3 is 12.3 Å². The van der Waals surface area contributed by atoms with Crippen LogP contribution in [0.2, 0.25) is 0 Å². The average molecular weight is 264 g/mol. The van der Waals surface area contributed by atoms with E-state index in [1.807, 2.05) is 0 Å². The van der Waals surface area contributed by atoms with E-state index in [4.69, 9.17) is 10.8 Å². The monoisotopic (exact) mass is 264 g/mol. The number of nitrogens with two attached hydrogens (primary N) is 1. The Bertz CT molecular complexity index is 460. The van der Waals surface area contributed by atoms with Gasteiger partial charge in [0.05, 0.1) is 12.1 Å². The highest BCUT2D eigenvalue weighted by Gasteiger charge is 2.33. The Hall–Kier alpha value is -1.83. The van der Waals surface area contributed by atoms with Crippen LogP contribution in [0.25, 0.3) is 0 Å². The van der Waals surface area contributed by atoms with Crippen molar-refractivity contribution in [3.63, 3.8) is 0 Å². The molecule has 0 radical (unpaired) electrons. The lowest BCUT2D eigenvalue weighted by Gasteiger charge is -2.16. The van der Waals surface area contributed by atoms with Crippen molar-refractivity contribution in [3.05, 3.63) is 23.0 Å². The summed E-state index contributed by atoms with van der Waals surface area (Å²) in [5.74, 6) is -1.89. The summed E-state index contributed by atoms with van der Waals surface area (Å²) in [6.07, 6.45) is -5.52. The minimum atomic E-state index is -4.92. The van der Waals surface area contributed by atoms with Crippen molar-refractivity contribution < 1.29 is 27.8 Å². The van der Waals surface area contributed by atoms with E-state index in [0.29, 0.717) is 5.69 Å². The van der Waals surface area contributed by atoms with Crippen LogP contribution in [0.1, 0.15) is 17.0 Å². The Balaban J connectivity index is 3.28. The summed E-state index contributed by atoms with van der Waals surface area (Å²) in [4.78, 5) is 14.4. The summed E-state index contributed by atoms with van der Waals surface area (Å²) >= 11 is 0. The zero-order valence-corrected chi connectivity index (χ0v) is 9.41. The summed E-state index contributed by atoms with van der Waals surface area (Å²) in [6, 6.07) is 1.23. The van der Waals surface area contributed by atoms with Crippen molar-refractivity contribution in [1.29, 1.82) is 0 Å². The number of rotatable bonds is 4. The van der Waals surface area contributed by atoms with Crippen molar-refractivity contribution in [2.45, 2.75) is 26.3 Å². The van der Waals surface area contributed by atoms with E-state index < -0.39 is 24.5 Å². The third-order valence-electron chi connectivity index (χ3n) is 2.00. The molecule has 5 nitrogen and oxygen atoms in total. The lowest BCUT2D eigenvalue weighted by atomic mass is 10.1. The normalized spacial score (nSPS) is 11.4. The van der Waals surface area contributed by atoms with Crippen LogP contribution in [0, 0.1) is 6.92 Å². The van der Waals surface area contributed by atoms with Crippen molar-refractivity contribution in [1.82, 2.24) is 4.98 Å². The number of alkyl halides is 3. The van der Waals surface area contributed by atoms with E-state index >= 15 is 0 Å². The molecule has 0 amide bonds. The van der Waals surface area contributed by atoms with Crippen LogP contribution >= 0.6 is 0 Å². The molecule has 0 unspecified atom stereocenters.